The minimum atomic E-state index is -3.72. The molecule has 1 aromatic carbocycles. The van der Waals surface area contributed by atoms with E-state index in [2.05, 4.69) is 25.0 Å². The van der Waals surface area contributed by atoms with Crippen molar-refractivity contribution in [3.8, 4) is 0 Å². The number of amides is 1. The van der Waals surface area contributed by atoms with Gasteiger partial charge in [0.1, 0.15) is 5.84 Å². The molecule has 0 aliphatic carbocycles. The highest BCUT2D eigenvalue weighted by atomic mass is 32.2. The summed E-state index contributed by atoms with van der Waals surface area (Å²) in [7, 11) is -3.72. The second-order valence-electron chi connectivity index (χ2n) is 6.34. The van der Waals surface area contributed by atoms with Crippen LogP contribution in [0.5, 0.6) is 0 Å². The molecular formula is C18H21N5O3S2. The minimum Gasteiger partial charge on any atom is -0.325 e. The van der Waals surface area contributed by atoms with E-state index in [4.69, 9.17) is 0 Å². The van der Waals surface area contributed by atoms with Crippen molar-refractivity contribution >= 4 is 39.2 Å². The molecule has 0 fully saturated rings. The number of sulfonamides is 1. The lowest BCUT2D eigenvalue weighted by atomic mass is 10.3. The van der Waals surface area contributed by atoms with Crippen molar-refractivity contribution in [3.63, 3.8) is 0 Å². The lowest BCUT2D eigenvalue weighted by molar-refractivity contribution is -0.113. The smallest absolute Gasteiger partial charge is 0.262 e. The van der Waals surface area contributed by atoms with Crippen molar-refractivity contribution in [1.29, 1.82) is 0 Å². The van der Waals surface area contributed by atoms with Crippen LogP contribution in [-0.4, -0.2) is 42.4 Å². The molecule has 1 amide bonds. The zero-order valence-corrected chi connectivity index (χ0v) is 17.2. The Bertz CT molecular complexity index is 1000. The molecule has 1 aliphatic heterocycles. The topological polar surface area (TPSA) is 113 Å². The molecule has 0 saturated carbocycles. The summed E-state index contributed by atoms with van der Waals surface area (Å²) in [6.45, 7) is 4.38. The Hall–Kier alpha value is -2.46. The molecule has 0 saturated heterocycles. The number of nitrogens with one attached hydrogen (secondary N) is 2. The molecule has 148 valence electrons. The van der Waals surface area contributed by atoms with Gasteiger partial charge in [0.15, 0.2) is 5.16 Å². The molecule has 2 heterocycles. The third-order valence-electron chi connectivity index (χ3n) is 3.85. The Balaban J connectivity index is 1.62. The van der Waals surface area contributed by atoms with Gasteiger partial charge in [-0.1, -0.05) is 17.8 Å². The quantitative estimate of drug-likeness (QED) is 0.549. The number of benzene rings is 1. The van der Waals surface area contributed by atoms with Crippen LogP contribution in [0.2, 0.25) is 0 Å². The molecule has 3 rings (SSSR count). The Morgan fingerprint density at radius 1 is 1.18 bits per heavy atom. The SMILES string of the molecule is Cc1cc(C)nc(SCC(=O)Nc2cccc(S(=O)(=O)NC3=NCCC3)c2)n1. The highest BCUT2D eigenvalue weighted by Gasteiger charge is 2.18. The molecule has 1 aliphatic rings. The summed E-state index contributed by atoms with van der Waals surface area (Å²) in [4.78, 5) is 25.0. The van der Waals surface area contributed by atoms with Crippen LogP contribution in [0.3, 0.4) is 0 Å². The first kappa shape index (κ1) is 20.3. The second-order valence-corrected chi connectivity index (χ2v) is 8.96. The molecule has 2 aromatic rings. The first-order valence-corrected chi connectivity index (χ1v) is 11.2. The number of carbonyl (C=O) groups is 1. The van der Waals surface area contributed by atoms with E-state index in [-0.39, 0.29) is 16.6 Å². The fourth-order valence-electron chi connectivity index (χ4n) is 2.66. The predicted molar refractivity (Wildman–Crippen MR) is 109 cm³/mol. The summed E-state index contributed by atoms with van der Waals surface area (Å²) < 4.78 is 27.4. The zero-order chi connectivity index (χ0) is 20.1. The molecule has 8 nitrogen and oxygen atoms in total. The summed E-state index contributed by atoms with van der Waals surface area (Å²) in [6, 6.07) is 7.99. The summed E-state index contributed by atoms with van der Waals surface area (Å²) in [5.41, 5.74) is 2.09. The molecule has 0 spiro atoms. The standard InChI is InChI=1S/C18H21N5O3S2/c1-12-9-13(2)21-18(20-12)27-11-17(24)22-14-5-3-6-15(10-14)28(25,26)23-16-7-4-8-19-16/h3,5-6,9-10H,4,7-8,11H2,1-2H3,(H,19,23)(H,22,24). The number of aliphatic imine (C=N–C) groups is 1. The number of aromatic nitrogens is 2. The highest BCUT2D eigenvalue weighted by Crippen LogP contribution is 2.18. The number of aryl methyl sites for hydroxylation is 2. The van der Waals surface area contributed by atoms with E-state index in [9.17, 15) is 13.2 Å². The number of thioether (sulfide) groups is 1. The highest BCUT2D eigenvalue weighted by molar-refractivity contribution is 7.99. The van der Waals surface area contributed by atoms with Crippen LogP contribution >= 0.6 is 11.8 Å². The van der Waals surface area contributed by atoms with Crippen molar-refractivity contribution in [2.75, 3.05) is 17.6 Å². The fraction of sp³-hybridized carbons (Fsp3) is 0.333. The molecule has 2 N–H and O–H groups in total. The number of amidine groups is 1. The molecule has 0 atom stereocenters. The van der Waals surface area contributed by atoms with Crippen LogP contribution < -0.4 is 10.0 Å². The number of carbonyl (C=O) groups excluding carboxylic acids is 1. The van der Waals surface area contributed by atoms with E-state index in [1.807, 2.05) is 19.9 Å². The fourth-order valence-corrected chi connectivity index (χ4v) is 4.55. The number of nitrogens with zero attached hydrogens (tertiary/aromatic N) is 3. The maximum atomic E-state index is 12.5. The van der Waals surface area contributed by atoms with Crippen LogP contribution in [0.25, 0.3) is 0 Å². The van der Waals surface area contributed by atoms with E-state index in [0.29, 0.717) is 29.6 Å². The maximum Gasteiger partial charge on any atom is 0.262 e. The third-order valence-corrected chi connectivity index (χ3v) is 6.07. The number of rotatable bonds is 6. The van der Waals surface area contributed by atoms with Crippen molar-refractivity contribution in [1.82, 2.24) is 14.7 Å². The van der Waals surface area contributed by atoms with Crippen molar-refractivity contribution in [2.45, 2.75) is 36.7 Å². The Kier molecular flexibility index (Phi) is 6.30. The van der Waals surface area contributed by atoms with Gasteiger partial charge in [0.25, 0.3) is 10.0 Å². The average molecular weight is 420 g/mol. The lowest BCUT2D eigenvalue weighted by Crippen LogP contribution is -2.29. The maximum absolute atomic E-state index is 12.5. The summed E-state index contributed by atoms with van der Waals surface area (Å²) in [6.07, 6.45) is 1.46. The first-order valence-electron chi connectivity index (χ1n) is 8.73. The Labute approximate surface area is 168 Å². The van der Waals surface area contributed by atoms with Gasteiger partial charge >= 0.3 is 0 Å². The summed E-state index contributed by atoms with van der Waals surface area (Å²) in [5.74, 6) is 0.323. The summed E-state index contributed by atoms with van der Waals surface area (Å²) >= 11 is 1.23. The van der Waals surface area contributed by atoms with Crippen molar-refractivity contribution in [3.05, 3.63) is 41.7 Å². The van der Waals surface area contributed by atoms with Gasteiger partial charge in [-0.2, -0.15) is 0 Å². The van der Waals surface area contributed by atoms with Crippen LogP contribution in [0, 0.1) is 13.8 Å². The monoisotopic (exact) mass is 419 g/mol. The molecule has 1 aromatic heterocycles. The number of hydrogen-bond donors (Lipinski definition) is 2. The van der Waals surface area contributed by atoms with E-state index < -0.39 is 10.0 Å². The van der Waals surface area contributed by atoms with Crippen LogP contribution in [-0.2, 0) is 14.8 Å². The molecule has 0 unspecified atom stereocenters. The van der Waals surface area contributed by atoms with E-state index in [1.165, 1.54) is 23.9 Å². The Morgan fingerprint density at radius 3 is 2.61 bits per heavy atom. The van der Waals surface area contributed by atoms with Gasteiger partial charge in [-0.05, 0) is 44.5 Å². The lowest BCUT2D eigenvalue weighted by Gasteiger charge is -2.10. The molecule has 0 bridgehead atoms. The minimum absolute atomic E-state index is 0.0743. The molecule has 28 heavy (non-hydrogen) atoms. The van der Waals surface area contributed by atoms with Crippen molar-refractivity contribution < 1.29 is 13.2 Å². The molecular weight excluding hydrogens is 398 g/mol. The predicted octanol–water partition coefficient (Wildman–Crippen LogP) is 2.29. The van der Waals surface area contributed by atoms with Crippen LogP contribution in [0.15, 0.2) is 45.4 Å². The normalized spacial score (nSPS) is 13.9. The van der Waals surface area contributed by atoms with Gasteiger partial charge in [-0.15, -0.1) is 0 Å². The van der Waals surface area contributed by atoms with E-state index in [1.54, 1.807) is 12.1 Å². The van der Waals surface area contributed by atoms with Crippen LogP contribution in [0.4, 0.5) is 5.69 Å². The van der Waals surface area contributed by atoms with E-state index in [0.717, 1.165) is 17.8 Å². The average Bonchev–Trinajstić information content (AvgIpc) is 3.12. The van der Waals surface area contributed by atoms with Gasteiger partial charge in [-0.3, -0.25) is 14.5 Å². The molecule has 10 heteroatoms. The van der Waals surface area contributed by atoms with Gasteiger partial charge < -0.3 is 5.32 Å². The van der Waals surface area contributed by atoms with Gasteiger partial charge in [-0.25, -0.2) is 18.4 Å². The third kappa shape index (κ3) is 5.52. The molecule has 0 radical (unpaired) electrons. The zero-order valence-electron chi connectivity index (χ0n) is 15.6. The van der Waals surface area contributed by atoms with E-state index >= 15 is 0 Å². The first-order chi connectivity index (χ1) is 13.3. The van der Waals surface area contributed by atoms with Gasteiger partial charge in [0.05, 0.1) is 10.6 Å². The second kappa shape index (κ2) is 8.70. The van der Waals surface area contributed by atoms with Crippen molar-refractivity contribution in [2.24, 2.45) is 4.99 Å². The van der Waals surface area contributed by atoms with Gasteiger partial charge in [0.2, 0.25) is 5.91 Å². The Morgan fingerprint density at radius 2 is 1.93 bits per heavy atom. The number of hydrogen-bond acceptors (Lipinski definition) is 7. The summed E-state index contributed by atoms with van der Waals surface area (Å²) in [5, 5.41) is 3.24. The number of anilines is 1. The largest absolute Gasteiger partial charge is 0.325 e. The van der Waals surface area contributed by atoms with Crippen LogP contribution in [0.1, 0.15) is 24.2 Å². The van der Waals surface area contributed by atoms with Gasteiger partial charge in [0, 0.05) is 30.0 Å².